The summed E-state index contributed by atoms with van der Waals surface area (Å²) in [6, 6.07) is 13.9. The van der Waals surface area contributed by atoms with E-state index in [4.69, 9.17) is 19.4 Å². The molecule has 228 valence electrons. The quantitative estimate of drug-likeness (QED) is 0.221. The number of rotatable bonds is 9. The molecule has 0 aliphatic carbocycles. The summed E-state index contributed by atoms with van der Waals surface area (Å²) in [5.74, 6) is -2.97. The zero-order valence-corrected chi connectivity index (χ0v) is 23.3. The van der Waals surface area contributed by atoms with Gasteiger partial charge in [-0.05, 0) is 36.4 Å². The van der Waals surface area contributed by atoms with Crippen molar-refractivity contribution in [1.29, 1.82) is 5.26 Å². The van der Waals surface area contributed by atoms with E-state index in [1.165, 1.54) is 26.2 Å². The van der Waals surface area contributed by atoms with Gasteiger partial charge in [0.1, 0.15) is 23.9 Å². The Balaban J connectivity index is 0.000000821. The number of ether oxygens (including phenoxy) is 2. The first-order chi connectivity index (χ1) is 20.3. The van der Waals surface area contributed by atoms with Crippen molar-refractivity contribution in [1.82, 2.24) is 15.5 Å². The average molecular weight is 604 g/mol. The lowest BCUT2D eigenvalue weighted by Gasteiger charge is -2.14. The second kappa shape index (κ2) is 15.6. The number of nitrogens with one attached hydrogen (secondary N) is 2. The number of esters is 1. The highest BCUT2D eigenvalue weighted by Crippen LogP contribution is 2.23. The minimum atomic E-state index is -5.08. The van der Waals surface area contributed by atoms with E-state index in [1.54, 1.807) is 24.3 Å². The van der Waals surface area contributed by atoms with E-state index in [-0.39, 0.29) is 24.8 Å². The Morgan fingerprint density at radius 3 is 2.33 bits per heavy atom. The Bertz CT molecular complexity index is 1450. The van der Waals surface area contributed by atoms with Gasteiger partial charge in [0.2, 0.25) is 5.91 Å². The van der Waals surface area contributed by atoms with Crippen LogP contribution in [-0.2, 0) is 19.1 Å². The number of benzene rings is 2. The van der Waals surface area contributed by atoms with E-state index in [0.717, 1.165) is 24.5 Å². The van der Waals surface area contributed by atoms with Gasteiger partial charge in [-0.15, -0.1) is 0 Å². The van der Waals surface area contributed by atoms with E-state index < -0.39 is 24.0 Å². The van der Waals surface area contributed by atoms with Crippen LogP contribution in [0.15, 0.2) is 53.2 Å². The first-order valence-corrected chi connectivity index (χ1v) is 12.5. The molecule has 2 aromatic rings. The third-order valence-corrected chi connectivity index (χ3v) is 5.51. The molecular formula is C28H28F3N5O7. The molecule has 43 heavy (non-hydrogen) atoms. The Hall–Kier alpha value is -5.39. The molecule has 0 bridgehead atoms. The maximum atomic E-state index is 12.5. The predicted molar refractivity (Wildman–Crippen MR) is 147 cm³/mol. The van der Waals surface area contributed by atoms with Crippen molar-refractivity contribution in [2.24, 2.45) is 4.99 Å². The zero-order chi connectivity index (χ0) is 32.2. The second-order valence-electron chi connectivity index (χ2n) is 8.71. The number of nitrogens with zero attached hydrogens (tertiary/aromatic N) is 3. The summed E-state index contributed by atoms with van der Waals surface area (Å²) < 4.78 is 42.2. The molecule has 12 nitrogen and oxygen atoms in total. The number of hydrogen-bond donors (Lipinski definition) is 3. The summed E-state index contributed by atoms with van der Waals surface area (Å²) >= 11 is 0. The van der Waals surface area contributed by atoms with Gasteiger partial charge in [-0.3, -0.25) is 14.6 Å². The molecule has 0 fully saturated rings. The van der Waals surface area contributed by atoms with Gasteiger partial charge in [-0.1, -0.05) is 12.1 Å². The van der Waals surface area contributed by atoms with Crippen molar-refractivity contribution in [2.45, 2.75) is 13.1 Å². The SMILES string of the molecule is COC(=O)C(=Cc1ccc(C#N)cc1OCCNC(=O)c1ccc(C2=NCCN2C)cc1)NC(C)=O.O=C(O)C(F)(F)F. The summed E-state index contributed by atoms with van der Waals surface area (Å²) in [6.45, 7) is 3.22. The first kappa shape index (κ1) is 33.8. The van der Waals surface area contributed by atoms with Crippen LogP contribution in [0.4, 0.5) is 13.2 Å². The lowest BCUT2D eigenvalue weighted by Crippen LogP contribution is -2.28. The van der Waals surface area contributed by atoms with Gasteiger partial charge in [0, 0.05) is 37.2 Å². The molecule has 0 saturated heterocycles. The lowest BCUT2D eigenvalue weighted by atomic mass is 10.1. The van der Waals surface area contributed by atoms with Crippen LogP contribution < -0.4 is 15.4 Å². The predicted octanol–water partition coefficient (Wildman–Crippen LogP) is 2.34. The minimum Gasteiger partial charge on any atom is -0.491 e. The van der Waals surface area contributed by atoms with E-state index >= 15 is 0 Å². The van der Waals surface area contributed by atoms with E-state index in [9.17, 15) is 32.8 Å². The van der Waals surface area contributed by atoms with Gasteiger partial charge in [0.25, 0.3) is 5.91 Å². The standard InChI is InChI=1S/C26H27N5O5.C2HF3O2/c1-17(32)30-22(26(34)35-3)15-21-5-4-18(16-27)14-23(21)36-13-11-29-25(33)20-8-6-19(7-9-20)24-28-10-12-31(24)2;3-2(4,5)1(6)7/h4-9,14-15H,10-13H2,1-3H3,(H,29,33)(H,30,32);(H,6,7). The molecule has 0 aromatic heterocycles. The second-order valence-corrected chi connectivity index (χ2v) is 8.71. The molecule has 1 aliphatic rings. The maximum absolute atomic E-state index is 12.5. The van der Waals surface area contributed by atoms with Crippen molar-refractivity contribution < 1.29 is 46.9 Å². The molecule has 3 rings (SSSR count). The highest BCUT2D eigenvalue weighted by molar-refractivity contribution is 6.01. The van der Waals surface area contributed by atoms with Gasteiger partial charge in [0.05, 0.1) is 31.8 Å². The fourth-order valence-corrected chi connectivity index (χ4v) is 3.49. The summed E-state index contributed by atoms with van der Waals surface area (Å²) in [4.78, 5) is 51.4. The van der Waals surface area contributed by atoms with Crippen LogP contribution in [0, 0.1) is 11.3 Å². The molecule has 0 saturated carbocycles. The highest BCUT2D eigenvalue weighted by atomic mass is 19.4. The summed E-state index contributed by atoms with van der Waals surface area (Å²) in [6.07, 6.45) is -3.68. The molecule has 2 amide bonds. The molecule has 3 N–H and O–H groups in total. The number of aliphatic carboxylic acids is 1. The van der Waals surface area contributed by atoms with Crippen LogP contribution in [0.25, 0.3) is 6.08 Å². The number of carbonyl (C=O) groups excluding carboxylic acids is 3. The van der Waals surface area contributed by atoms with Gasteiger partial charge < -0.3 is 30.1 Å². The summed E-state index contributed by atoms with van der Waals surface area (Å²) in [5, 5.41) is 21.6. The van der Waals surface area contributed by atoms with Crippen LogP contribution in [0.3, 0.4) is 0 Å². The van der Waals surface area contributed by atoms with Crippen molar-refractivity contribution in [3.8, 4) is 11.8 Å². The third kappa shape index (κ3) is 10.5. The maximum Gasteiger partial charge on any atom is 0.490 e. The molecule has 1 heterocycles. The molecule has 0 spiro atoms. The Kier molecular flexibility index (Phi) is 12.2. The van der Waals surface area contributed by atoms with Gasteiger partial charge in [0.15, 0.2) is 0 Å². The van der Waals surface area contributed by atoms with Gasteiger partial charge >= 0.3 is 18.1 Å². The number of amides is 2. The average Bonchev–Trinajstić information content (AvgIpc) is 3.40. The number of alkyl halides is 3. The van der Waals surface area contributed by atoms with Crippen molar-refractivity contribution in [3.63, 3.8) is 0 Å². The number of carbonyl (C=O) groups is 4. The van der Waals surface area contributed by atoms with Crippen LogP contribution in [-0.4, -0.2) is 86.2 Å². The van der Waals surface area contributed by atoms with Crippen LogP contribution in [0.2, 0.25) is 0 Å². The Morgan fingerprint density at radius 1 is 1.16 bits per heavy atom. The molecular weight excluding hydrogens is 575 g/mol. The van der Waals surface area contributed by atoms with Crippen LogP contribution >= 0.6 is 0 Å². The normalized spacial score (nSPS) is 12.6. The minimum absolute atomic E-state index is 0.0777. The molecule has 15 heteroatoms. The number of hydrogen-bond acceptors (Lipinski definition) is 9. The Morgan fingerprint density at radius 2 is 1.81 bits per heavy atom. The number of amidine groups is 1. The Labute approximate surface area is 244 Å². The number of nitriles is 1. The fraction of sp³-hybridized carbons (Fsp3) is 0.286. The summed E-state index contributed by atoms with van der Waals surface area (Å²) in [7, 11) is 3.18. The summed E-state index contributed by atoms with van der Waals surface area (Å²) in [5.41, 5.74) is 2.19. The van der Waals surface area contributed by atoms with E-state index in [0.29, 0.717) is 22.4 Å². The lowest BCUT2D eigenvalue weighted by molar-refractivity contribution is -0.192. The van der Waals surface area contributed by atoms with Crippen molar-refractivity contribution in [3.05, 3.63) is 70.4 Å². The number of aliphatic imine (C=N–C) groups is 1. The number of carboxylic acids is 1. The van der Waals surface area contributed by atoms with Gasteiger partial charge in [-0.2, -0.15) is 18.4 Å². The first-order valence-electron chi connectivity index (χ1n) is 12.5. The monoisotopic (exact) mass is 603 g/mol. The third-order valence-electron chi connectivity index (χ3n) is 5.51. The molecule has 1 aliphatic heterocycles. The van der Waals surface area contributed by atoms with E-state index in [2.05, 4.69) is 20.5 Å². The smallest absolute Gasteiger partial charge is 0.490 e. The van der Waals surface area contributed by atoms with E-state index in [1.807, 2.05) is 25.2 Å². The number of carboxylic acid groups (broad SMARTS) is 1. The molecule has 2 aromatic carbocycles. The largest absolute Gasteiger partial charge is 0.491 e. The fourth-order valence-electron chi connectivity index (χ4n) is 3.49. The van der Waals surface area contributed by atoms with Crippen molar-refractivity contribution in [2.75, 3.05) is 40.4 Å². The number of likely N-dealkylation sites (N-methyl/N-ethyl adjacent to an activating group) is 1. The zero-order valence-electron chi connectivity index (χ0n) is 23.3. The van der Waals surface area contributed by atoms with Crippen LogP contribution in [0.1, 0.15) is 34.0 Å². The topological polar surface area (TPSA) is 170 Å². The molecule has 0 unspecified atom stereocenters. The molecule has 0 atom stereocenters. The number of halogens is 3. The highest BCUT2D eigenvalue weighted by Gasteiger charge is 2.38. The van der Waals surface area contributed by atoms with Crippen molar-refractivity contribution >= 4 is 35.7 Å². The van der Waals surface area contributed by atoms with Gasteiger partial charge in [-0.25, -0.2) is 9.59 Å². The number of methoxy groups -OCH3 is 1. The molecule has 0 radical (unpaired) electrons. The van der Waals surface area contributed by atoms with Crippen LogP contribution in [0.5, 0.6) is 5.75 Å².